The monoisotopic (exact) mass is 193 g/mol. The third-order valence-corrected chi connectivity index (χ3v) is 1.98. The number of nitrogens with zero attached hydrogens (tertiary/aromatic N) is 1. The molecule has 0 spiro atoms. The van der Waals surface area contributed by atoms with Crippen LogP contribution in [0.1, 0.15) is 19.7 Å². The lowest BCUT2D eigenvalue weighted by Gasteiger charge is -1.96. The SMILES string of the molecule is CC(C)Cc1nc2cc(F)ccc2o1. The van der Waals surface area contributed by atoms with Crippen LogP contribution in [0.3, 0.4) is 0 Å². The van der Waals surface area contributed by atoms with E-state index in [1.807, 2.05) is 0 Å². The number of hydrogen-bond acceptors (Lipinski definition) is 2. The Kier molecular flexibility index (Phi) is 2.23. The Balaban J connectivity index is 2.41. The first-order valence-electron chi connectivity index (χ1n) is 4.70. The molecule has 0 atom stereocenters. The summed E-state index contributed by atoms with van der Waals surface area (Å²) in [5.74, 6) is 0.899. The van der Waals surface area contributed by atoms with E-state index in [-0.39, 0.29) is 5.82 Å². The van der Waals surface area contributed by atoms with Crippen LogP contribution in [0.2, 0.25) is 0 Å². The van der Waals surface area contributed by atoms with Crippen molar-refractivity contribution in [1.82, 2.24) is 4.98 Å². The van der Waals surface area contributed by atoms with Crippen LogP contribution in [0.4, 0.5) is 4.39 Å². The summed E-state index contributed by atoms with van der Waals surface area (Å²) in [7, 11) is 0. The van der Waals surface area contributed by atoms with Crippen LogP contribution in [0, 0.1) is 11.7 Å². The Bertz CT molecular complexity index is 447. The number of aromatic nitrogens is 1. The number of hydrogen-bond donors (Lipinski definition) is 0. The van der Waals surface area contributed by atoms with Crippen molar-refractivity contribution in [3.63, 3.8) is 0 Å². The van der Waals surface area contributed by atoms with Gasteiger partial charge in [-0.25, -0.2) is 9.37 Å². The molecule has 0 aliphatic carbocycles. The van der Waals surface area contributed by atoms with E-state index < -0.39 is 0 Å². The largest absolute Gasteiger partial charge is 0.441 e. The first-order chi connectivity index (χ1) is 6.65. The maximum Gasteiger partial charge on any atom is 0.195 e. The third kappa shape index (κ3) is 1.76. The molecule has 0 N–H and O–H groups in total. The van der Waals surface area contributed by atoms with Gasteiger partial charge in [0.25, 0.3) is 0 Å². The molecule has 2 nitrogen and oxygen atoms in total. The summed E-state index contributed by atoms with van der Waals surface area (Å²) >= 11 is 0. The highest BCUT2D eigenvalue weighted by Gasteiger charge is 2.07. The molecule has 0 unspecified atom stereocenters. The first-order valence-corrected chi connectivity index (χ1v) is 4.70. The molecule has 0 fully saturated rings. The maximum atomic E-state index is 12.8. The van der Waals surface area contributed by atoms with E-state index in [9.17, 15) is 4.39 Å². The summed E-state index contributed by atoms with van der Waals surface area (Å²) < 4.78 is 18.3. The topological polar surface area (TPSA) is 26.0 Å². The van der Waals surface area contributed by atoms with Gasteiger partial charge in [0.15, 0.2) is 11.5 Å². The van der Waals surface area contributed by atoms with Gasteiger partial charge in [-0.2, -0.15) is 0 Å². The second-order valence-electron chi connectivity index (χ2n) is 3.82. The molecule has 0 aliphatic heterocycles. The minimum atomic E-state index is -0.276. The van der Waals surface area contributed by atoms with Gasteiger partial charge < -0.3 is 4.42 Å². The van der Waals surface area contributed by atoms with E-state index >= 15 is 0 Å². The fourth-order valence-electron chi connectivity index (χ4n) is 1.38. The normalized spacial score (nSPS) is 11.4. The summed E-state index contributed by atoms with van der Waals surface area (Å²) in [5, 5.41) is 0. The molecule has 2 rings (SSSR count). The fourth-order valence-corrected chi connectivity index (χ4v) is 1.38. The van der Waals surface area contributed by atoms with Crippen molar-refractivity contribution in [3.8, 4) is 0 Å². The minimum absolute atomic E-state index is 0.276. The molecule has 0 saturated carbocycles. The standard InChI is InChI=1S/C11H12FNO/c1-7(2)5-11-13-9-6-8(12)3-4-10(9)14-11/h3-4,6-7H,5H2,1-2H3. The van der Waals surface area contributed by atoms with E-state index in [2.05, 4.69) is 18.8 Å². The van der Waals surface area contributed by atoms with Crippen LogP contribution in [0.15, 0.2) is 22.6 Å². The quantitative estimate of drug-likeness (QED) is 0.732. The van der Waals surface area contributed by atoms with Gasteiger partial charge in [-0.1, -0.05) is 13.8 Å². The van der Waals surface area contributed by atoms with Gasteiger partial charge in [-0.15, -0.1) is 0 Å². The Morgan fingerprint density at radius 2 is 2.21 bits per heavy atom. The molecule has 3 heteroatoms. The Labute approximate surface area is 81.8 Å². The molecule has 1 aromatic heterocycles. The average Bonchev–Trinajstić information content (AvgIpc) is 2.44. The number of fused-ring (bicyclic) bond motifs is 1. The van der Waals surface area contributed by atoms with Crippen LogP contribution in [-0.4, -0.2) is 4.98 Å². The Hall–Kier alpha value is -1.38. The van der Waals surface area contributed by atoms with Crippen molar-refractivity contribution in [2.75, 3.05) is 0 Å². The predicted molar refractivity (Wildman–Crippen MR) is 52.5 cm³/mol. The molecule has 2 aromatic rings. The van der Waals surface area contributed by atoms with E-state index in [1.165, 1.54) is 12.1 Å². The highest BCUT2D eigenvalue weighted by molar-refractivity contribution is 5.72. The lowest BCUT2D eigenvalue weighted by atomic mass is 10.1. The summed E-state index contributed by atoms with van der Waals surface area (Å²) in [6.07, 6.45) is 0.788. The molecule has 0 amide bonds. The molecule has 0 saturated heterocycles. The lowest BCUT2D eigenvalue weighted by molar-refractivity contribution is 0.482. The highest BCUT2D eigenvalue weighted by Crippen LogP contribution is 2.18. The minimum Gasteiger partial charge on any atom is -0.441 e. The fraction of sp³-hybridized carbons (Fsp3) is 0.364. The zero-order valence-electron chi connectivity index (χ0n) is 8.25. The summed E-state index contributed by atoms with van der Waals surface area (Å²) in [4.78, 5) is 4.21. The van der Waals surface area contributed by atoms with E-state index in [1.54, 1.807) is 6.07 Å². The smallest absolute Gasteiger partial charge is 0.195 e. The molecule has 0 aliphatic rings. The van der Waals surface area contributed by atoms with Crippen molar-refractivity contribution in [1.29, 1.82) is 0 Å². The third-order valence-electron chi connectivity index (χ3n) is 1.98. The van der Waals surface area contributed by atoms with Crippen molar-refractivity contribution < 1.29 is 8.81 Å². The van der Waals surface area contributed by atoms with Gasteiger partial charge in [0, 0.05) is 12.5 Å². The van der Waals surface area contributed by atoms with Crippen LogP contribution in [0.5, 0.6) is 0 Å². The average molecular weight is 193 g/mol. The molecular weight excluding hydrogens is 181 g/mol. The molecule has 1 heterocycles. The Morgan fingerprint density at radius 1 is 1.43 bits per heavy atom. The van der Waals surface area contributed by atoms with Crippen molar-refractivity contribution in [2.45, 2.75) is 20.3 Å². The lowest BCUT2D eigenvalue weighted by Crippen LogP contribution is -1.93. The molecule has 1 aromatic carbocycles. The van der Waals surface area contributed by atoms with Crippen molar-refractivity contribution in [3.05, 3.63) is 29.9 Å². The van der Waals surface area contributed by atoms with Gasteiger partial charge in [-0.05, 0) is 18.1 Å². The number of oxazole rings is 1. The second-order valence-corrected chi connectivity index (χ2v) is 3.82. The van der Waals surface area contributed by atoms with Crippen LogP contribution in [0.25, 0.3) is 11.1 Å². The van der Waals surface area contributed by atoms with Crippen LogP contribution < -0.4 is 0 Å². The zero-order valence-corrected chi connectivity index (χ0v) is 8.25. The van der Waals surface area contributed by atoms with E-state index in [4.69, 9.17) is 4.42 Å². The summed E-state index contributed by atoms with van der Waals surface area (Å²) in [5.41, 5.74) is 1.25. The Morgan fingerprint density at radius 3 is 2.93 bits per heavy atom. The first kappa shape index (κ1) is 9.19. The molecule has 14 heavy (non-hydrogen) atoms. The zero-order chi connectivity index (χ0) is 10.1. The molecule has 0 bridgehead atoms. The second kappa shape index (κ2) is 3.40. The summed E-state index contributed by atoms with van der Waals surface area (Å²) in [6, 6.07) is 4.39. The highest BCUT2D eigenvalue weighted by atomic mass is 19.1. The maximum absolute atomic E-state index is 12.8. The van der Waals surface area contributed by atoms with Gasteiger partial charge in [0.1, 0.15) is 11.3 Å². The van der Waals surface area contributed by atoms with Crippen LogP contribution in [-0.2, 0) is 6.42 Å². The number of benzene rings is 1. The van der Waals surface area contributed by atoms with Gasteiger partial charge >= 0.3 is 0 Å². The van der Waals surface area contributed by atoms with Gasteiger partial charge in [0.05, 0.1) is 0 Å². The molecule has 0 radical (unpaired) electrons. The van der Waals surface area contributed by atoms with Gasteiger partial charge in [-0.3, -0.25) is 0 Å². The summed E-state index contributed by atoms with van der Waals surface area (Å²) in [6.45, 7) is 4.19. The predicted octanol–water partition coefficient (Wildman–Crippen LogP) is 3.17. The van der Waals surface area contributed by atoms with Gasteiger partial charge in [0.2, 0.25) is 0 Å². The van der Waals surface area contributed by atoms with Crippen molar-refractivity contribution in [2.24, 2.45) is 5.92 Å². The van der Waals surface area contributed by atoms with Crippen LogP contribution >= 0.6 is 0 Å². The number of rotatable bonds is 2. The van der Waals surface area contributed by atoms with E-state index in [0.29, 0.717) is 22.9 Å². The molecular formula is C11H12FNO. The van der Waals surface area contributed by atoms with E-state index in [0.717, 1.165) is 6.42 Å². The number of halogens is 1. The van der Waals surface area contributed by atoms with Crippen molar-refractivity contribution >= 4 is 11.1 Å². The molecule has 74 valence electrons.